The smallest absolute Gasteiger partial charge is 0.165 e. The Bertz CT molecular complexity index is 305. The van der Waals surface area contributed by atoms with Crippen LogP contribution in [0.25, 0.3) is 0 Å². The van der Waals surface area contributed by atoms with E-state index in [-0.39, 0.29) is 6.61 Å². The maximum atomic E-state index is 8.57. The van der Waals surface area contributed by atoms with Crippen LogP contribution in [0.2, 0.25) is 0 Å². The predicted octanol–water partition coefficient (Wildman–Crippen LogP) is -0.476. The molecule has 0 unspecified atom stereocenters. The Balaban J connectivity index is 2.29. The van der Waals surface area contributed by atoms with Crippen LogP contribution in [0.3, 0.4) is 0 Å². The molecule has 0 saturated carbocycles. The second-order valence-electron chi connectivity index (χ2n) is 3.89. The van der Waals surface area contributed by atoms with E-state index in [1.54, 1.807) is 0 Å². The highest BCUT2D eigenvalue weighted by atomic mass is 16.5. The second kappa shape index (κ2) is 8.10. The maximum Gasteiger partial charge on any atom is 0.165 e. The summed E-state index contributed by atoms with van der Waals surface area (Å²) >= 11 is 0. The largest absolute Gasteiger partial charge is 0.394 e. The highest BCUT2D eigenvalue weighted by molar-refractivity contribution is 4.80. The van der Waals surface area contributed by atoms with Crippen LogP contribution in [0.4, 0.5) is 0 Å². The van der Waals surface area contributed by atoms with Crippen LogP contribution in [0, 0.1) is 0 Å². The lowest BCUT2D eigenvalue weighted by Gasteiger charge is -2.15. The molecule has 0 radical (unpaired) electrons. The van der Waals surface area contributed by atoms with Crippen LogP contribution in [0.15, 0.2) is 0 Å². The summed E-state index contributed by atoms with van der Waals surface area (Å²) in [6.45, 7) is 5.50. The van der Waals surface area contributed by atoms with Crippen molar-refractivity contribution in [2.24, 2.45) is 0 Å². The zero-order valence-electron chi connectivity index (χ0n) is 10.5. The fourth-order valence-electron chi connectivity index (χ4n) is 1.43. The van der Waals surface area contributed by atoms with Gasteiger partial charge in [-0.1, -0.05) is 6.92 Å². The molecule has 17 heavy (non-hydrogen) atoms. The van der Waals surface area contributed by atoms with Crippen LogP contribution in [0.5, 0.6) is 0 Å². The number of likely N-dealkylation sites (N-methyl/N-ethyl adjacent to an activating group) is 1. The fraction of sp³-hybridized carbons (Fsp3) is 0.900. The van der Waals surface area contributed by atoms with Gasteiger partial charge >= 0.3 is 0 Å². The van der Waals surface area contributed by atoms with Gasteiger partial charge in [-0.15, -0.1) is 5.10 Å². The fourth-order valence-corrected chi connectivity index (χ4v) is 1.43. The molecule has 7 heteroatoms. The van der Waals surface area contributed by atoms with Crippen LogP contribution < -0.4 is 0 Å². The third-order valence-electron chi connectivity index (χ3n) is 2.31. The zero-order chi connectivity index (χ0) is 12.5. The number of hydrogen-bond acceptors (Lipinski definition) is 6. The van der Waals surface area contributed by atoms with Crippen LogP contribution in [-0.2, 0) is 17.8 Å². The van der Waals surface area contributed by atoms with E-state index in [9.17, 15) is 0 Å². The van der Waals surface area contributed by atoms with Gasteiger partial charge in [-0.3, -0.25) is 4.90 Å². The molecule has 7 nitrogen and oxygen atoms in total. The molecule has 0 bridgehead atoms. The molecule has 0 spiro atoms. The van der Waals surface area contributed by atoms with Gasteiger partial charge in [0.05, 0.1) is 26.4 Å². The molecular formula is C10H21N5O2. The van der Waals surface area contributed by atoms with Gasteiger partial charge < -0.3 is 9.84 Å². The van der Waals surface area contributed by atoms with Crippen LogP contribution >= 0.6 is 0 Å². The van der Waals surface area contributed by atoms with Gasteiger partial charge in [-0.2, -0.15) is 0 Å². The number of nitrogens with zero attached hydrogens (tertiary/aromatic N) is 5. The van der Waals surface area contributed by atoms with Gasteiger partial charge in [-0.05, 0) is 23.9 Å². The molecule has 1 N–H and O–H groups in total. The zero-order valence-corrected chi connectivity index (χ0v) is 10.5. The molecule has 0 fully saturated rings. The molecule has 0 aromatic carbocycles. The van der Waals surface area contributed by atoms with Crippen molar-refractivity contribution < 1.29 is 9.84 Å². The first kappa shape index (κ1) is 14.0. The van der Waals surface area contributed by atoms with Gasteiger partial charge in [-0.25, -0.2) is 4.68 Å². The normalized spacial score (nSPS) is 11.3. The van der Waals surface area contributed by atoms with Crippen molar-refractivity contribution in [3.05, 3.63) is 5.82 Å². The summed E-state index contributed by atoms with van der Waals surface area (Å²) < 4.78 is 7.02. The van der Waals surface area contributed by atoms with E-state index < -0.39 is 0 Å². The van der Waals surface area contributed by atoms with Crippen molar-refractivity contribution in [1.29, 1.82) is 0 Å². The number of aliphatic hydroxyl groups is 1. The third kappa shape index (κ3) is 5.20. The van der Waals surface area contributed by atoms with E-state index >= 15 is 0 Å². The quantitative estimate of drug-likeness (QED) is 0.591. The summed E-state index contributed by atoms with van der Waals surface area (Å²) in [6, 6.07) is 0. The Hall–Kier alpha value is -1.05. The molecule has 98 valence electrons. The minimum absolute atomic E-state index is 0.0679. The highest BCUT2D eigenvalue weighted by Crippen LogP contribution is 1.98. The lowest BCUT2D eigenvalue weighted by atomic mass is 10.4. The van der Waals surface area contributed by atoms with Crippen molar-refractivity contribution in [2.45, 2.75) is 26.4 Å². The first-order valence-corrected chi connectivity index (χ1v) is 5.90. The van der Waals surface area contributed by atoms with Gasteiger partial charge in [0.25, 0.3) is 0 Å². The van der Waals surface area contributed by atoms with Gasteiger partial charge in [0, 0.05) is 13.1 Å². The van der Waals surface area contributed by atoms with Gasteiger partial charge in [0.2, 0.25) is 0 Å². The van der Waals surface area contributed by atoms with Crippen LogP contribution in [0.1, 0.15) is 19.2 Å². The Morgan fingerprint density at radius 2 is 2.24 bits per heavy atom. The lowest BCUT2D eigenvalue weighted by molar-refractivity contribution is 0.0766. The molecule has 0 aliphatic rings. The molecule has 1 aromatic rings. The number of hydrogen-bond donors (Lipinski definition) is 1. The molecular weight excluding hydrogens is 222 g/mol. The molecule has 0 saturated heterocycles. The molecule has 0 aliphatic carbocycles. The molecule has 1 rings (SSSR count). The summed E-state index contributed by atoms with van der Waals surface area (Å²) in [7, 11) is 1.99. The average Bonchev–Trinajstić information content (AvgIpc) is 2.73. The Labute approximate surface area is 101 Å². The second-order valence-corrected chi connectivity index (χ2v) is 3.89. The lowest BCUT2D eigenvalue weighted by Crippen LogP contribution is -2.25. The summed E-state index contributed by atoms with van der Waals surface area (Å²) in [5.74, 6) is 0.872. The summed E-state index contributed by atoms with van der Waals surface area (Å²) in [6.07, 6.45) is 1.02. The standard InChI is InChI=1S/C10H21N5O2/c1-3-4-15-10(11-12-13-15)9-14(2)5-7-17-8-6-16/h16H,3-9H2,1-2H3. The van der Waals surface area contributed by atoms with Gasteiger partial charge in [0.15, 0.2) is 5.82 Å². The van der Waals surface area contributed by atoms with Crippen molar-refractivity contribution in [1.82, 2.24) is 25.1 Å². The minimum atomic E-state index is 0.0679. The average molecular weight is 243 g/mol. The molecule has 1 heterocycles. The number of aliphatic hydroxyl groups excluding tert-OH is 1. The summed E-state index contributed by atoms with van der Waals surface area (Å²) in [5.41, 5.74) is 0. The maximum absolute atomic E-state index is 8.57. The van der Waals surface area contributed by atoms with E-state index in [0.29, 0.717) is 19.8 Å². The van der Waals surface area contributed by atoms with Crippen molar-refractivity contribution in [3.8, 4) is 0 Å². The van der Waals surface area contributed by atoms with Gasteiger partial charge in [0.1, 0.15) is 0 Å². The van der Waals surface area contributed by atoms with Crippen LogP contribution in [-0.4, -0.2) is 63.6 Å². The van der Waals surface area contributed by atoms with E-state index in [1.807, 2.05) is 11.7 Å². The SMILES string of the molecule is CCCn1nnnc1CN(C)CCOCCO. The van der Waals surface area contributed by atoms with E-state index in [2.05, 4.69) is 27.3 Å². The molecule has 0 aliphatic heterocycles. The van der Waals surface area contributed by atoms with E-state index in [0.717, 1.165) is 25.3 Å². The Morgan fingerprint density at radius 1 is 1.41 bits per heavy atom. The molecule has 0 amide bonds. The monoisotopic (exact) mass is 243 g/mol. The topological polar surface area (TPSA) is 76.3 Å². The van der Waals surface area contributed by atoms with Crippen molar-refractivity contribution >= 4 is 0 Å². The van der Waals surface area contributed by atoms with E-state index in [1.165, 1.54) is 0 Å². The van der Waals surface area contributed by atoms with E-state index in [4.69, 9.17) is 9.84 Å². The van der Waals surface area contributed by atoms with Crippen molar-refractivity contribution in [3.63, 3.8) is 0 Å². The predicted molar refractivity (Wildman–Crippen MR) is 62.3 cm³/mol. The first-order valence-electron chi connectivity index (χ1n) is 5.90. The van der Waals surface area contributed by atoms with Crippen molar-refractivity contribution in [2.75, 3.05) is 33.4 Å². The number of aromatic nitrogens is 4. The molecule has 1 aromatic heterocycles. The summed E-state index contributed by atoms with van der Waals surface area (Å²) in [4.78, 5) is 2.09. The minimum Gasteiger partial charge on any atom is -0.394 e. The first-order chi connectivity index (χ1) is 8.27. The third-order valence-corrected chi connectivity index (χ3v) is 2.31. The molecule has 0 atom stereocenters. The Morgan fingerprint density at radius 3 is 2.94 bits per heavy atom. The number of aryl methyl sites for hydroxylation is 1. The number of tetrazole rings is 1. The summed E-state index contributed by atoms with van der Waals surface area (Å²) in [5, 5.41) is 20.2. The number of rotatable bonds is 9. The number of ether oxygens (including phenoxy) is 1. The Kier molecular flexibility index (Phi) is 6.68. The highest BCUT2D eigenvalue weighted by Gasteiger charge is 2.08.